The van der Waals surface area contributed by atoms with Crippen molar-refractivity contribution in [3.05, 3.63) is 59.2 Å². The van der Waals surface area contributed by atoms with Crippen LogP contribution in [0.3, 0.4) is 0 Å². The first kappa shape index (κ1) is 12.9. The highest BCUT2D eigenvalue weighted by Crippen LogP contribution is 2.46. The van der Waals surface area contributed by atoms with Gasteiger partial charge in [-0.1, -0.05) is 30.3 Å². The number of fused-ring (bicyclic) bond motifs is 3. The van der Waals surface area contributed by atoms with Crippen molar-refractivity contribution in [1.82, 2.24) is 0 Å². The molecule has 2 aromatic carbocycles. The number of carbonyl (C=O) groups excluding carboxylic acids is 1. The Kier molecular flexibility index (Phi) is 2.71. The number of halogens is 3. The van der Waals surface area contributed by atoms with Crippen LogP contribution in [0.5, 0.6) is 0 Å². The maximum Gasteiger partial charge on any atom is 0.416 e. The first-order valence-electron chi connectivity index (χ1n) is 6.20. The van der Waals surface area contributed by atoms with Gasteiger partial charge in [0.05, 0.1) is 11.5 Å². The van der Waals surface area contributed by atoms with Crippen LogP contribution < -0.4 is 0 Å². The van der Waals surface area contributed by atoms with Crippen molar-refractivity contribution < 1.29 is 18.0 Å². The molecule has 0 radical (unpaired) electrons. The van der Waals surface area contributed by atoms with Crippen molar-refractivity contribution >= 4 is 5.78 Å². The quantitative estimate of drug-likeness (QED) is 0.754. The van der Waals surface area contributed by atoms with Crippen LogP contribution in [0.4, 0.5) is 13.2 Å². The summed E-state index contributed by atoms with van der Waals surface area (Å²) in [5.41, 5.74) is 2.09. The molecule has 0 spiro atoms. The zero-order valence-electron chi connectivity index (χ0n) is 10.7. The smallest absolute Gasteiger partial charge is 0.299 e. The fourth-order valence-electron chi connectivity index (χ4n) is 2.82. The number of benzene rings is 2. The molecule has 1 aliphatic rings. The van der Waals surface area contributed by atoms with E-state index in [1.807, 2.05) is 12.1 Å². The van der Waals surface area contributed by atoms with Gasteiger partial charge in [-0.2, -0.15) is 13.2 Å². The highest BCUT2D eigenvalue weighted by molar-refractivity contribution is 5.96. The highest BCUT2D eigenvalue weighted by Gasteiger charge is 2.36. The molecule has 102 valence electrons. The molecular weight excluding hydrogens is 265 g/mol. The Bertz CT molecular complexity index is 701. The third-order valence-electron chi connectivity index (χ3n) is 3.66. The van der Waals surface area contributed by atoms with Crippen molar-refractivity contribution in [3.8, 4) is 11.1 Å². The summed E-state index contributed by atoms with van der Waals surface area (Å²) in [6.45, 7) is 1.41. The van der Waals surface area contributed by atoms with Crippen LogP contribution in [-0.4, -0.2) is 5.78 Å². The van der Waals surface area contributed by atoms with Crippen molar-refractivity contribution in [2.45, 2.75) is 19.0 Å². The molecule has 4 heteroatoms. The lowest BCUT2D eigenvalue weighted by Gasteiger charge is -2.12. The summed E-state index contributed by atoms with van der Waals surface area (Å²) in [5.74, 6) is -0.737. The van der Waals surface area contributed by atoms with Gasteiger partial charge in [0, 0.05) is 0 Å². The SMILES string of the molecule is CC(=O)C1c2ccccc2-c2ccc(C(F)(F)F)cc21. The zero-order chi connectivity index (χ0) is 14.5. The molecule has 1 aliphatic carbocycles. The topological polar surface area (TPSA) is 17.1 Å². The van der Waals surface area contributed by atoms with Crippen LogP contribution in [0, 0.1) is 0 Å². The Morgan fingerprint density at radius 2 is 1.65 bits per heavy atom. The first-order chi connectivity index (χ1) is 9.39. The van der Waals surface area contributed by atoms with Gasteiger partial charge in [-0.3, -0.25) is 4.79 Å². The number of carbonyl (C=O) groups is 1. The van der Waals surface area contributed by atoms with Gasteiger partial charge < -0.3 is 0 Å². The van der Waals surface area contributed by atoms with Gasteiger partial charge in [0.25, 0.3) is 0 Å². The molecular formula is C16H11F3O. The minimum Gasteiger partial charge on any atom is -0.299 e. The van der Waals surface area contributed by atoms with E-state index in [0.29, 0.717) is 11.1 Å². The second kappa shape index (κ2) is 4.20. The zero-order valence-corrected chi connectivity index (χ0v) is 10.7. The van der Waals surface area contributed by atoms with Crippen molar-refractivity contribution in [3.63, 3.8) is 0 Å². The summed E-state index contributed by atoms with van der Waals surface area (Å²) < 4.78 is 38.5. The van der Waals surface area contributed by atoms with Crippen LogP contribution in [-0.2, 0) is 11.0 Å². The summed E-state index contributed by atoms with van der Waals surface area (Å²) in [4.78, 5) is 11.9. The number of Topliss-reactive ketones (excluding diaryl/α,β-unsaturated/α-hetero) is 1. The number of hydrogen-bond acceptors (Lipinski definition) is 1. The fraction of sp³-hybridized carbons (Fsp3) is 0.188. The van der Waals surface area contributed by atoms with Crippen LogP contribution in [0.2, 0.25) is 0 Å². The van der Waals surface area contributed by atoms with Gasteiger partial charge in [-0.15, -0.1) is 0 Å². The minimum atomic E-state index is -4.40. The maximum absolute atomic E-state index is 12.8. The number of rotatable bonds is 1. The van der Waals surface area contributed by atoms with E-state index in [0.717, 1.165) is 23.3 Å². The molecule has 0 saturated heterocycles. The molecule has 0 aromatic heterocycles. The maximum atomic E-state index is 12.8. The largest absolute Gasteiger partial charge is 0.416 e. The standard InChI is InChI=1S/C16H11F3O/c1-9(20)15-13-5-3-2-4-11(13)12-7-6-10(8-14(12)15)16(17,18)19/h2-8,15H,1H3. The van der Waals surface area contributed by atoms with E-state index in [9.17, 15) is 18.0 Å². The molecule has 0 N–H and O–H groups in total. The Morgan fingerprint density at radius 3 is 2.30 bits per heavy atom. The average molecular weight is 276 g/mol. The predicted octanol–water partition coefficient (Wildman–Crippen LogP) is 4.41. The third kappa shape index (κ3) is 1.83. The number of alkyl halides is 3. The van der Waals surface area contributed by atoms with Gasteiger partial charge in [0.15, 0.2) is 0 Å². The summed E-state index contributed by atoms with van der Waals surface area (Å²) in [5, 5.41) is 0. The lowest BCUT2D eigenvalue weighted by atomic mass is 9.92. The molecule has 1 unspecified atom stereocenters. The average Bonchev–Trinajstić information content (AvgIpc) is 2.71. The Balaban J connectivity index is 2.25. The molecule has 2 aromatic rings. The van der Waals surface area contributed by atoms with Gasteiger partial charge >= 0.3 is 6.18 Å². The van der Waals surface area contributed by atoms with Gasteiger partial charge in [0.2, 0.25) is 0 Å². The molecule has 1 nitrogen and oxygen atoms in total. The minimum absolute atomic E-state index is 0.143. The highest BCUT2D eigenvalue weighted by atomic mass is 19.4. The first-order valence-corrected chi connectivity index (χ1v) is 6.20. The Morgan fingerprint density at radius 1 is 1.00 bits per heavy atom. The van der Waals surface area contributed by atoms with Gasteiger partial charge in [0.1, 0.15) is 5.78 Å². The number of ketones is 1. The van der Waals surface area contributed by atoms with Crippen LogP contribution in [0.15, 0.2) is 42.5 Å². The second-order valence-corrected chi connectivity index (χ2v) is 4.93. The van der Waals surface area contributed by atoms with Crippen molar-refractivity contribution in [1.29, 1.82) is 0 Å². The predicted molar refractivity (Wildman–Crippen MR) is 69.4 cm³/mol. The summed E-state index contributed by atoms with van der Waals surface area (Å²) in [7, 11) is 0. The monoisotopic (exact) mass is 276 g/mol. The van der Waals surface area contributed by atoms with E-state index >= 15 is 0 Å². The fourth-order valence-corrected chi connectivity index (χ4v) is 2.82. The Hall–Kier alpha value is -2.10. The molecule has 0 fully saturated rings. The molecule has 0 saturated carbocycles. The molecule has 1 atom stereocenters. The van der Waals surface area contributed by atoms with Crippen LogP contribution in [0.25, 0.3) is 11.1 Å². The lowest BCUT2D eigenvalue weighted by molar-refractivity contribution is -0.137. The summed E-state index contributed by atoms with van der Waals surface area (Å²) in [6.07, 6.45) is -4.40. The van der Waals surface area contributed by atoms with E-state index in [1.165, 1.54) is 13.0 Å². The molecule has 20 heavy (non-hydrogen) atoms. The van der Waals surface area contributed by atoms with Gasteiger partial charge in [-0.25, -0.2) is 0 Å². The molecule has 0 aliphatic heterocycles. The van der Waals surface area contributed by atoms with E-state index in [1.54, 1.807) is 12.1 Å². The molecule has 0 amide bonds. The summed E-state index contributed by atoms with van der Waals surface area (Å²) >= 11 is 0. The van der Waals surface area contributed by atoms with E-state index < -0.39 is 17.7 Å². The van der Waals surface area contributed by atoms with Crippen LogP contribution >= 0.6 is 0 Å². The van der Waals surface area contributed by atoms with E-state index in [2.05, 4.69) is 0 Å². The number of hydrogen-bond donors (Lipinski definition) is 0. The van der Waals surface area contributed by atoms with E-state index in [-0.39, 0.29) is 5.78 Å². The lowest BCUT2D eigenvalue weighted by Crippen LogP contribution is -2.10. The van der Waals surface area contributed by atoms with Crippen LogP contribution in [0.1, 0.15) is 29.5 Å². The van der Waals surface area contributed by atoms with Crippen molar-refractivity contribution in [2.75, 3.05) is 0 Å². The second-order valence-electron chi connectivity index (χ2n) is 4.93. The van der Waals surface area contributed by atoms with Crippen molar-refractivity contribution in [2.24, 2.45) is 0 Å². The normalized spacial score (nSPS) is 16.7. The molecule has 0 bridgehead atoms. The van der Waals surface area contributed by atoms with E-state index in [4.69, 9.17) is 0 Å². The Labute approximate surface area is 114 Å². The molecule has 0 heterocycles. The van der Waals surface area contributed by atoms with Gasteiger partial charge in [-0.05, 0) is 41.3 Å². The molecule has 3 rings (SSSR count). The summed E-state index contributed by atoms with van der Waals surface area (Å²) in [6, 6.07) is 10.9. The third-order valence-corrected chi connectivity index (χ3v) is 3.66.